The average molecular weight is 280 g/mol. The van der Waals surface area contributed by atoms with Gasteiger partial charge in [-0.3, -0.25) is 4.79 Å². The average Bonchev–Trinajstić information content (AvgIpc) is 2.48. The molecule has 0 aromatic heterocycles. The molecule has 0 unspecified atom stereocenters. The molecule has 0 atom stereocenters. The molecule has 21 heavy (non-hydrogen) atoms. The van der Waals surface area contributed by atoms with Crippen LogP contribution in [0.1, 0.15) is 21.5 Å². The van der Waals surface area contributed by atoms with E-state index in [1.807, 2.05) is 12.1 Å². The quantitative estimate of drug-likeness (QED) is 0.739. The predicted octanol–water partition coefficient (Wildman–Crippen LogP) is 2.26. The summed E-state index contributed by atoms with van der Waals surface area (Å²) < 4.78 is 0. The first kappa shape index (κ1) is 14.6. The summed E-state index contributed by atoms with van der Waals surface area (Å²) in [6.07, 6.45) is 0. The summed E-state index contributed by atoms with van der Waals surface area (Å²) in [5, 5.41) is 12.4. The van der Waals surface area contributed by atoms with E-state index in [9.17, 15) is 9.90 Å². The minimum atomic E-state index is -0.271. The third kappa shape index (κ3) is 3.62. The molecule has 0 aliphatic heterocycles. The monoisotopic (exact) mass is 280 g/mol. The van der Waals surface area contributed by atoms with Gasteiger partial charge in [-0.2, -0.15) is 0 Å². The highest BCUT2D eigenvalue weighted by Crippen LogP contribution is 2.21. The molecule has 0 fully saturated rings. The van der Waals surface area contributed by atoms with Crippen LogP contribution in [0.2, 0.25) is 0 Å². The summed E-state index contributed by atoms with van der Waals surface area (Å²) in [6, 6.07) is 12.1. The fourth-order valence-electron chi connectivity index (χ4n) is 1.90. The molecular weight excluding hydrogens is 264 g/mol. The van der Waals surface area contributed by atoms with E-state index in [2.05, 4.69) is 17.2 Å². The van der Waals surface area contributed by atoms with Gasteiger partial charge in [-0.1, -0.05) is 24.0 Å². The largest absolute Gasteiger partial charge is 0.508 e. The zero-order valence-corrected chi connectivity index (χ0v) is 11.7. The Hall–Kier alpha value is -2.77. The standard InChI is InChI=1S/C17H16N2O2/c1-12-15(8-3-9-16(12)20)17(21)19-14-7-2-5-13(11-14)6-4-10-18/h2-3,5,7-9,11,20H,10,18H2,1H3,(H,19,21). The lowest BCUT2D eigenvalue weighted by molar-refractivity contribution is 0.102. The number of phenols is 1. The van der Waals surface area contributed by atoms with Crippen LogP contribution in [0.4, 0.5) is 5.69 Å². The highest BCUT2D eigenvalue weighted by Gasteiger charge is 2.11. The fraction of sp³-hybridized carbons (Fsp3) is 0.118. The Morgan fingerprint density at radius 3 is 2.81 bits per heavy atom. The maximum Gasteiger partial charge on any atom is 0.256 e. The smallest absolute Gasteiger partial charge is 0.256 e. The minimum absolute atomic E-state index is 0.102. The van der Waals surface area contributed by atoms with Gasteiger partial charge in [-0.25, -0.2) is 0 Å². The number of carbonyl (C=O) groups excluding carboxylic acids is 1. The number of nitrogens with two attached hydrogens (primary N) is 1. The molecule has 4 heteroatoms. The number of aromatic hydroxyl groups is 1. The molecule has 4 nitrogen and oxygen atoms in total. The third-order valence-corrected chi connectivity index (χ3v) is 3.01. The number of phenolic OH excluding ortho intramolecular Hbond substituents is 1. The van der Waals surface area contributed by atoms with Gasteiger partial charge in [0, 0.05) is 22.4 Å². The summed E-state index contributed by atoms with van der Waals surface area (Å²) in [4.78, 5) is 12.2. The normalized spacial score (nSPS) is 9.62. The first-order valence-electron chi connectivity index (χ1n) is 6.50. The van der Waals surface area contributed by atoms with Crippen LogP contribution in [-0.2, 0) is 0 Å². The molecule has 0 aliphatic carbocycles. The van der Waals surface area contributed by atoms with Gasteiger partial charge in [0.15, 0.2) is 0 Å². The predicted molar refractivity (Wildman–Crippen MR) is 83.2 cm³/mol. The Morgan fingerprint density at radius 1 is 1.29 bits per heavy atom. The van der Waals surface area contributed by atoms with Crippen LogP contribution in [0.3, 0.4) is 0 Å². The molecule has 2 aromatic rings. The molecule has 0 bridgehead atoms. The van der Waals surface area contributed by atoms with Crippen molar-refractivity contribution in [3.8, 4) is 17.6 Å². The number of anilines is 1. The van der Waals surface area contributed by atoms with Crippen LogP contribution >= 0.6 is 0 Å². The second kappa shape index (κ2) is 6.60. The molecule has 0 heterocycles. The van der Waals surface area contributed by atoms with Gasteiger partial charge in [-0.15, -0.1) is 0 Å². The van der Waals surface area contributed by atoms with Crippen LogP contribution in [0.5, 0.6) is 5.75 Å². The van der Waals surface area contributed by atoms with Crippen LogP contribution < -0.4 is 11.1 Å². The Balaban J connectivity index is 2.22. The lowest BCUT2D eigenvalue weighted by atomic mass is 10.1. The van der Waals surface area contributed by atoms with Crippen molar-refractivity contribution in [1.82, 2.24) is 0 Å². The summed E-state index contributed by atoms with van der Waals surface area (Å²) in [5.41, 5.74) is 7.75. The molecule has 106 valence electrons. The van der Waals surface area contributed by atoms with Gasteiger partial charge in [0.25, 0.3) is 5.91 Å². The zero-order chi connectivity index (χ0) is 15.2. The van der Waals surface area contributed by atoms with Gasteiger partial charge in [0.1, 0.15) is 5.75 Å². The number of nitrogens with one attached hydrogen (secondary N) is 1. The van der Waals surface area contributed by atoms with Gasteiger partial charge in [-0.05, 0) is 37.3 Å². The lowest BCUT2D eigenvalue weighted by Gasteiger charge is -2.09. The van der Waals surface area contributed by atoms with Crippen molar-refractivity contribution < 1.29 is 9.90 Å². The van der Waals surface area contributed by atoms with E-state index in [0.717, 1.165) is 5.56 Å². The minimum Gasteiger partial charge on any atom is -0.508 e. The number of hydrogen-bond donors (Lipinski definition) is 3. The summed E-state index contributed by atoms with van der Waals surface area (Å²) in [6.45, 7) is 1.99. The number of amides is 1. The maximum absolute atomic E-state index is 12.2. The SMILES string of the molecule is Cc1c(O)cccc1C(=O)Nc1cccc(C#CCN)c1. The number of carbonyl (C=O) groups is 1. The van der Waals surface area contributed by atoms with E-state index in [-0.39, 0.29) is 11.7 Å². The summed E-state index contributed by atoms with van der Waals surface area (Å²) in [7, 11) is 0. The van der Waals surface area contributed by atoms with Crippen molar-refractivity contribution in [1.29, 1.82) is 0 Å². The van der Waals surface area contributed by atoms with Crippen LogP contribution in [0.15, 0.2) is 42.5 Å². The third-order valence-electron chi connectivity index (χ3n) is 3.01. The molecule has 0 saturated heterocycles. The van der Waals surface area contributed by atoms with E-state index in [0.29, 0.717) is 23.4 Å². The number of hydrogen-bond acceptors (Lipinski definition) is 3. The van der Waals surface area contributed by atoms with E-state index < -0.39 is 0 Å². The summed E-state index contributed by atoms with van der Waals surface area (Å²) in [5.74, 6) is 5.51. The van der Waals surface area contributed by atoms with Gasteiger partial charge in [0.2, 0.25) is 0 Å². The molecular formula is C17H16N2O2. The van der Waals surface area contributed by atoms with Crippen molar-refractivity contribution in [2.75, 3.05) is 11.9 Å². The van der Waals surface area contributed by atoms with Crippen LogP contribution in [0, 0.1) is 18.8 Å². The molecule has 0 spiro atoms. The highest BCUT2D eigenvalue weighted by molar-refractivity contribution is 6.05. The number of benzene rings is 2. The Morgan fingerprint density at radius 2 is 2.05 bits per heavy atom. The Kier molecular flexibility index (Phi) is 4.60. The molecule has 0 saturated carbocycles. The number of rotatable bonds is 2. The first-order chi connectivity index (χ1) is 10.1. The highest BCUT2D eigenvalue weighted by atomic mass is 16.3. The lowest BCUT2D eigenvalue weighted by Crippen LogP contribution is -2.13. The van der Waals surface area contributed by atoms with Crippen LogP contribution in [-0.4, -0.2) is 17.6 Å². The van der Waals surface area contributed by atoms with E-state index in [4.69, 9.17) is 5.73 Å². The van der Waals surface area contributed by atoms with Crippen molar-refractivity contribution in [2.45, 2.75) is 6.92 Å². The maximum atomic E-state index is 12.2. The van der Waals surface area contributed by atoms with Gasteiger partial charge < -0.3 is 16.2 Å². The van der Waals surface area contributed by atoms with Crippen molar-refractivity contribution >= 4 is 11.6 Å². The van der Waals surface area contributed by atoms with Crippen molar-refractivity contribution in [3.63, 3.8) is 0 Å². The van der Waals surface area contributed by atoms with E-state index in [1.54, 1.807) is 37.3 Å². The summed E-state index contributed by atoms with van der Waals surface area (Å²) >= 11 is 0. The Bertz CT molecular complexity index is 727. The second-order valence-electron chi connectivity index (χ2n) is 4.49. The van der Waals surface area contributed by atoms with Gasteiger partial charge in [0.05, 0.1) is 6.54 Å². The molecule has 4 N–H and O–H groups in total. The molecule has 2 aromatic carbocycles. The second-order valence-corrected chi connectivity index (χ2v) is 4.49. The van der Waals surface area contributed by atoms with Crippen LogP contribution in [0.25, 0.3) is 0 Å². The molecule has 2 rings (SSSR count). The molecule has 0 aliphatic rings. The van der Waals surface area contributed by atoms with Crippen molar-refractivity contribution in [3.05, 3.63) is 59.2 Å². The molecule has 1 amide bonds. The van der Waals surface area contributed by atoms with E-state index in [1.165, 1.54) is 0 Å². The van der Waals surface area contributed by atoms with E-state index >= 15 is 0 Å². The molecule has 0 radical (unpaired) electrons. The van der Waals surface area contributed by atoms with Crippen molar-refractivity contribution in [2.24, 2.45) is 5.73 Å². The van der Waals surface area contributed by atoms with Gasteiger partial charge >= 0.3 is 0 Å². The first-order valence-corrected chi connectivity index (χ1v) is 6.50. The topological polar surface area (TPSA) is 75.3 Å². The fourth-order valence-corrected chi connectivity index (χ4v) is 1.90. The zero-order valence-electron chi connectivity index (χ0n) is 11.7. The Labute approximate surface area is 123 Å².